The van der Waals surface area contributed by atoms with Crippen LogP contribution in [0.15, 0.2) is 303 Å². The second-order valence-corrected chi connectivity index (χ2v) is 27.6. The van der Waals surface area contributed by atoms with Crippen LogP contribution in [0.2, 0.25) is 0 Å². The number of rotatable bonds is 41. The molecule has 0 radical (unpaired) electrons. The molecule has 0 saturated carbocycles. The highest BCUT2D eigenvalue weighted by atomic mass is 16.6. The Bertz CT molecular complexity index is 4620. The Morgan fingerprint density at radius 2 is 0.703 bits per heavy atom. The van der Waals surface area contributed by atoms with E-state index in [0.717, 1.165) is 67.5 Å². The molecular formula is C100H101NO10. The van der Waals surface area contributed by atoms with Crippen molar-refractivity contribution >= 4 is 16.8 Å². The molecule has 0 amide bonds. The fraction of sp³-hybridized carbons (Fsp3) is 0.250. The summed E-state index contributed by atoms with van der Waals surface area (Å²) in [6.45, 7) is 19.0. The van der Waals surface area contributed by atoms with E-state index in [2.05, 4.69) is 337 Å². The molecule has 11 aromatic carbocycles. The third kappa shape index (κ3) is 21.9. The zero-order chi connectivity index (χ0) is 76.6. The molecule has 0 aliphatic heterocycles. The summed E-state index contributed by atoms with van der Waals surface area (Å²) in [5, 5.41) is 3.38. The molecule has 11 nitrogen and oxygen atoms in total. The van der Waals surface area contributed by atoms with Crippen LogP contribution in [0.1, 0.15) is 94.6 Å². The second-order valence-electron chi connectivity index (χ2n) is 27.6. The minimum atomic E-state index is -0.521. The van der Waals surface area contributed by atoms with Gasteiger partial charge in [0, 0.05) is 11.3 Å². The summed E-state index contributed by atoms with van der Waals surface area (Å²) < 4.78 is 59.3. The molecule has 0 unspecified atom stereocenters. The normalized spacial score (nSPS) is 12.0. The quantitative estimate of drug-likeness (QED) is 0.0171. The molecule has 0 bridgehead atoms. The van der Waals surface area contributed by atoms with E-state index in [9.17, 15) is 0 Å². The molecule has 0 aromatic heterocycles. The van der Waals surface area contributed by atoms with E-state index in [1.165, 1.54) is 61.2 Å². The lowest BCUT2D eigenvalue weighted by molar-refractivity contribution is 0.0158. The van der Waals surface area contributed by atoms with Gasteiger partial charge in [-0.25, -0.2) is 0 Å². The molecule has 0 spiro atoms. The van der Waals surface area contributed by atoms with E-state index in [-0.39, 0.29) is 0 Å². The SMILES string of the molecule is Cc1ccc(C(c2ccc(C)cc2)(c2ccc(C)cc2)c2ccc(OCCOCCOCCOc3ccc(C4=C=CC(c5ccc(NCC#CCOCCOCCOCc6ccc(COCCOCCOc7c(C)cc(C(c8ccccc8)(c8ccccc8)c8ccccc8)cc7C)cc6)cc5)=CC=C4)cc3)cc2)cc1. The van der Waals surface area contributed by atoms with Gasteiger partial charge in [-0.15, -0.1) is 5.73 Å². The lowest BCUT2D eigenvalue weighted by atomic mass is 9.64. The highest BCUT2D eigenvalue weighted by Crippen LogP contribution is 2.48. The number of aryl methyl sites for hydroxylation is 5. The van der Waals surface area contributed by atoms with Crippen molar-refractivity contribution in [2.24, 2.45) is 0 Å². The van der Waals surface area contributed by atoms with Gasteiger partial charge in [-0.2, -0.15) is 0 Å². The van der Waals surface area contributed by atoms with Crippen molar-refractivity contribution in [3.8, 4) is 29.1 Å². The van der Waals surface area contributed by atoms with Crippen LogP contribution in [0.3, 0.4) is 0 Å². The minimum Gasteiger partial charge on any atom is -0.491 e. The fourth-order valence-corrected chi connectivity index (χ4v) is 14.1. The Balaban J connectivity index is 0.464. The van der Waals surface area contributed by atoms with Gasteiger partial charge >= 0.3 is 0 Å². The summed E-state index contributed by atoms with van der Waals surface area (Å²) in [4.78, 5) is 0. The Hall–Kier alpha value is -11.1. The standard InChI is InChI=1S/C100H101NO10/c1-76-26-42-90(43-27-76)99(91-44-28-77(2)29-45-91,92-46-30-78(3)31-47-92)93-48-54-97(55-49-93)110-70-67-105-61-60-104-66-69-109-96-52-40-86(41-53-96)84-19-17-18-83(36-37-84)85-38-50-95(51-39-85)101-56-15-16-57-102-58-59-103-62-64-107-74-81-32-34-82(35-33-81)75-108-65-63-106-68-71-111-98-79(4)72-94(73-80(98)5)100(87-20-9-6-10-21-87,88-22-11-7-12-23-88)89-24-13-8-14-25-89/h6-14,17-36,38-55,72-73,101H,56-71,74-75H2,1-5H3. The van der Waals surface area contributed by atoms with Gasteiger partial charge in [0.05, 0.1) is 103 Å². The van der Waals surface area contributed by atoms with Crippen LogP contribution in [0, 0.1) is 46.5 Å². The molecular weight excluding hydrogens is 1380 g/mol. The molecule has 0 heterocycles. The van der Waals surface area contributed by atoms with Gasteiger partial charge < -0.3 is 52.7 Å². The molecule has 0 atom stereocenters. The highest BCUT2D eigenvalue weighted by Gasteiger charge is 2.40. The van der Waals surface area contributed by atoms with E-state index in [4.69, 9.17) is 47.4 Å². The van der Waals surface area contributed by atoms with Gasteiger partial charge in [-0.05, 0) is 167 Å². The summed E-state index contributed by atoms with van der Waals surface area (Å²) in [5.41, 5.74) is 25.3. The number of anilines is 1. The Morgan fingerprint density at radius 1 is 0.333 bits per heavy atom. The third-order valence-corrected chi connectivity index (χ3v) is 19.8. The molecule has 1 N–H and O–H groups in total. The van der Waals surface area contributed by atoms with Gasteiger partial charge in [-0.1, -0.05) is 277 Å². The lowest BCUT2D eigenvalue weighted by Gasteiger charge is -2.37. The average molecular weight is 1480 g/mol. The first-order chi connectivity index (χ1) is 54.6. The first-order valence-corrected chi connectivity index (χ1v) is 38.5. The number of hydrogen-bond donors (Lipinski definition) is 1. The van der Waals surface area contributed by atoms with Crippen LogP contribution >= 0.6 is 0 Å². The zero-order valence-corrected chi connectivity index (χ0v) is 64.6. The number of ether oxygens (including phenoxy) is 10. The van der Waals surface area contributed by atoms with Crippen molar-refractivity contribution in [2.75, 3.05) is 111 Å². The van der Waals surface area contributed by atoms with Crippen molar-refractivity contribution in [3.05, 3.63) is 398 Å². The Morgan fingerprint density at radius 3 is 1.15 bits per heavy atom. The van der Waals surface area contributed by atoms with Crippen LogP contribution in [-0.4, -0.2) is 106 Å². The van der Waals surface area contributed by atoms with Crippen LogP contribution in [0.5, 0.6) is 17.2 Å². The van der Waals surface area contributed by atoms with E-state index >= 15 is 0 Å². The largest absolute Gasteiger partial charge is 0.491 e. The maximum absolute atomic E-state index is 6.37. The van der Waals surface area contributed by atoms with Crippen molar-refractivity contribution in [1.82, 2.24) is 0 Å². The summed E-state index contributed by atoms with van der Waals surface area (Å²) in [7, 11) is 0. The van der Waals surface area contributed by atoms with Crippen molar-refractivity contribution in [3.63, 3.8) is 0 Å². The van der Waals surface area contributed by atoms with Crippen LogP contribution in [0.25, 0.3) is 11.1 Å². The fourth-order valence-electron chi connectivity index (χ4n) is 14.1. The first kappa shape index (κ1) is 79.5. The molecule has 0 fully saturated rings. The number of hydrogen-bond acceptors (Lipinski definition) is 11. The van der Waals surface area contributed by atoms with Crippen molar-refractivity contribution < 1.29 is 47.4 Å². The minimum absolute atomic E-state index is 0.333. The molecule has 11 aromatic rings. The first-order valence-electron chi connectivity index (χ1n) is 38.5. The summed E-state index contributed by atoms with van der Waals surface area (Å²) in [5.74, 6) is 8.68. The number of nitrogens with one attached hydrogen (secondary N) is 1. The van der Waals surface area contributed by atoms with Gasteiger partial charge in [-0.3, -0.25) is 0 Å². The topological polar surface area (TPSA) is 104 Å². The van der Waals surface area contributed by atoms with E-state index in [0.29, 0.717) is 119 Å². The van der Waals surface area contributed by atoms with E-state index in [1.54, 1.807) is 0 Å². The monoisotopic (exact) mass is 1480 g/mol. The smallest absolute Gasteiger partial charge is 0.125 e. The van der Waals surface area contributed by atoms with Gasteiger partial charge in [0.2, 0.25) is 0 Å². The van der Waals surface area contributed by atoms with Gasteiger partial charge in [0.15, 0.2) is 0 Å². The average Bonchev–Trinajstić information content (AvgIpc) is 0.782. The predicted octanol–water partition coefficient (Wildman–Crippen LogP) is 20.0. The Kier molecular flexibility index (Phi) is 29.8. The molecule has 11 heteroatoms. The Labute approximate surface area is 656 Å². The van der Waals surface area contributed by atoms with E-state index < -0.39 is 10.8 Å². The zero-order valence-electron chi connectivity index (χ0n) is 64.6. The van der Waals surface area contributed by atoms with Crippen LogP contribution < -0.4 is 19.5 Å². The van der Waals surface area contributed by atoms with Crippen LogP contribution in [-0.2, 0) is 57.2 Å². The number of allylic oxidation sites excluding steroid dienone is 5. The van der Waals surface area contributed by atoms with Gasteiger partial charge in [0.25, 0.3) is 0 Å². The summed E-state index contributed by atoms with van der Waals surface area (Å²) in [6, 6.07) is 96.9. The highest BCUT2D eigenvalue weighted by molar-refractivity contribution is 5.83. The number of benzene rings is 11. The lowest BCUT2D eigenvalue weighted by Crippen LogP contribution is -2.31. The van der Waals surface area contributed by atoms with Gasteiger partial charge in [0.1, 0.15) is 43.7 Å². The third-order valence-electron chi connectivity index (χ3n) is 19.8. The maximum Gasteiger partial charge on any atom is 0.125 e. The molecule has 12 rings (SSSR count). The van der Waals surface area contributed by atoms with Crippen molar-refractivity contribution in [2.45, 2.75) is 58.7 Å². The molecule has 0 saturated heterocycles. The molecule has 1 aliphatic rings. The molecule has 566 valence electrons. The second kappa shape index (κ2) is 41.6. The predicted molar refractivity (Wildman–Crippen MR) is 447 cm³/mol. The molecule has 1 aliphatic carbocycles. The maximum atomic E-state index is 6.37. The summed E-state index contributed by atoms with van der Waals surface area (Å²) >= 11 is 0. The summed E-state index contributed by atoms with van der Waals surface area (Å²) in [6.07, 6.45) is 8.27. The van der Waals surface area contributed by atoms with Crippen molar-refractivity contribution in [1.29, 1.82) is 0 Å². The van der Waals surface area contributed by atoms with Crippen LogP contribution in [0.4, 0.5) is 5.69 Å². The van der Waals surface area contributed by atoms with E-state index in [1.807, 2.05) is 18.2 Å². The molecule has 111 heavy (non-hydrogen) atoms.